The molecular weight excluding hydrogens is 232 g/mol. The zero-order valence-electron chi connectivity index (χ0n) is 10.5. The number of hydrogen-bond donors (Lipinski definition) is 2. The molecule has 1 fully saturated rings. The van der Waals surface area contributed by atoms with Crippen LogP contribution in [0, 0.1) is 0 Å². The highest BCUT2D eigenvalue weighted by Crippen LogP contribution is 2.21. The second kappa shape index (κ2) is 6.18. The van der Waals surface area contributed by atoms with Crippen LogP contribution in [-0.2, 0) is 9.53 Å². The molecule has 1 heterocycles. The summed E-state index contributed by atoms with van der Waals surface area (Å²) in [6, 6.07) is 2.31. The average Bonchev–Trinajstić information content (AvgIpc) is 2.89. The lowest BCUT2D eigenvalue weighted by molar-refractivity contribution is -0.138. The molecular formula is C12H18N4O2. The van der Waals surface area contributed by atoms with Gasteiger partial charge >= 0.3 is 5.97 Å². The molecule has 1 aliphatic rings. The summed E-state index contributed by atoms with van der Waals surface area (Å²) >= 11 is 0. The first-order valence-electron chi connectivity index (χ1n) is 6.17. The van der Waals surface area contributed by atoms with Gasteiger partial charge in [0.05, 0.1) is 7.11 Å². The Kier molecular flexibility index (Phi) is 4.33. The van der Waals surface area contributed by atoms with Gasteiger partial charge in [0, 0.05) is 12.1 Å². The molecule has 2 rings (SSSR count). The van der Waals surface area contributed by atoms with E-state index in [4.69, 9.17) is 0 Å². The molecule has 0 aliphatic heterocycles. The number of nitrogens with one attached hydrogen (secondary N) is 2. The van der Waals surface area contributed by atoms with Crippen LogP contribution in [0.4, 0.5) is 11.6 Å². The fourth-order valence-electron chi connectivity index (χ4n) is 2.05. The van der Waals surface area contributed by atoms with Gasteiger partial charge < -0.3 is 15.4 Å². The molecule has 0 unspecified atom stereocenters. The first kappa shape index (κ1) is 12.6. The van der Waals surface area contributed by atoms with Crippen molar-refractivity contribution < 1.29 is 9.53 Å². The molecule has 0 saturated heterocycles. The van der Waals surface area contributed by atoms with Gasteiger partial charge in [0.2, 0.25) is 0 Å². The van der Waals surface area contributed by atoms with Crippen molar-refractivity contribution in [1.82, 2.24) is 9.97 Å². The van der Waals surface area contributed by atoms with Crippen molar-refractivity contribution in [1.29, 1.82) is 0 Å². The molecule has 6 nitrogen and oxygen atoms in total. The van der Waals surface area contributed by atoms with E-state index in [0.29, 0.717) is 11.9 Å². The Hall–Kier alpha value is -1.85. The number of hydrogen-bond acceptors (Lipinski definition) is 6. The van der Waals surface area contributed by atoms with Crippen LogP contribution < -0.4 is 10.6 Å². The second-order valence-electron chi connectivity index (χ2n) is 4.34. The first-order valence-corrected chi connectivity index (χ1v) is 6.17. The van der Waals surface area contributed by atoms with E-state index in [0.717, 1.165) is 5.82 Å². The summed E-state index contributed by atoms with van der Waals surface area (Å²) < 4.78 is 4.55. The molecule has 2 N–H and O–H groups in total. The molecule has 0 radical (unpaired) electrons. The van der Waals surface area contributed by atoms with Gasteiger partial charge in [-0.2, -0.15) is 0 Å². The Bertz CT molecular complexity index is 405. The number of carbonyl (C=O) groups is 1. The molecule has 1 saturated carbocycles. The lowest BCUT2D eigenvalue weighted by Gasteiger charge is -2.13. The lowest BCUT2D eigenvalue weighted by atomic mass is 10.2. The van der Waals surface area contributed by atoms with Crippen LogP contribution in [0.25, 0.3) is 0 Å². The highest BCUT2D eigenvalue weighted by Gasteiger charge is 2.15. The van der Waals surface area contributed by atoms with Gasteiger partial charge in [0.15, 0.2) is 0 Å². The summed E-state index contributed by atoms with van der Waals surface area (Å²) in [4.78, 5) is 19.2. The second-order valence-corrected chi connectivity index (χ2v) is 4.34. The third-order valence-electron chi connectivity index (χ3n) is 3.02. The summed E-state index contributed by atoms with van der Waals surface area (Å²) in [5, 5.41) is 6.27. The highest BCUT2D eigenvalue weighted by atomic mass is 16.5. The van der Waals surface area contributed by atoms with E-state index >= 15 is 0 Å². The van der Waals surface area contributed by atoms with Gasteiger partial charge in [-0.25, -0.2) is 9.97 Å². The van der Waals surface area contributed by atoms with Crippen LogP contribution in [0.1, 0.15) is 25.7 Å². The Morgan fingerprint density at radius 2 is 2.11 bits per heavy atom. The van der Waals surface area contributed by atoms with E-state index in [1.165, 1.54) is 39.1 Å². The van der Waals surface area contributed by atoms with Crippen molar-refractivity contribution in [3.8, 4) is 0 Å². The number of ether oxygens (including phenoxy) is 1. The largest absolute Gasteiger partial charge is 0.468 e. The van der Waals surface area contributed by atoms with E-state index < -0.39 is 0 Å². The Labute approximate surface area is 106 Å². The molecule has 1 aliphatic carbocycles. The van der Waals surface area contributed by atoms with Crippen molar-refractivity contribution in [2.75, 3.05) is 24.3 Å². The van der Waals surface area contributed by atoms with Crippen LogP contribution in [-0.4, -0.2) is 35.6 Å². The molecule has 1 aromatic rings. The molecule has 0 spiro atoms. The predicted molar refractivity (Wildman–Crippen MR) is 68.4 cm³/mol. The van der Waals surface area contributed by atoms with Gasteiger partial charge in [0.1, 0.15) is 24.5 Å². The zero-order chi connectivity index (χ0) is 12.8. The van der Waals surface area contributed by atoms with Gasteiger partial charge in [-0.15, -0.1) is 0 Å². The number of rotatable bonds is 5. The zero-order valence-corrected chi connectivity index (χ0v) is 10.5. The van der Waals surface area contributed by atoms with Crippen molar-refractivity contribution >= 4 is 17.6 Å². The number of anilines is 2. The fourth-order valence-corrected chi connectivity index (χ4v) is 2.05. The van der Waals surface area contributed by atoms with E-state index in [9.17, 15) is 4.79 Å². The normalized spacial score (nSPS) is 15.4. The van der Waals surface area contributed by atoms with Crippen molar-refractivity contribution in [3.05, 3.63) is 12.4 Å². The van der Waals surface area contributed by atoms with Gasteiger partial charge in [0.25, 0.3) is 0 Å². The standard InChI is InChI=1S/C12H18N4O2/c1-18-12(17)7-13-10-6-11(15-8-14-10)16-9-4-2-3-5-9/h6,8-9H,2-5,7H2,1H3,(H2,13,14,15,16). The first-order chi connectivity index (χ1) is 8.78. The summed E-state index contributed by atoms with van der Waals surface area (Å²) in [7, 11) is 1.36. The molecule has 0 bridgehead atoms. The summed E-state index contributed by atoms with van der Waals surface area (Å²) in [6.45, 7) is 0.108. The number of methoxy groups -OCH3 is 1. The Morgan fingerprint density at radius 3 is 2.83 bits per heavy atom. The van der Waals surface area contributed by atoms with E-state index in [2.05, 4.69) is 25.3 Å². The van der Waals surface area contributed by atoms with Crippen LogP contribution >= 0.6 is 0 Å². The Balaban J connectivity index is 1.89. The van der Waals surface area contributed by atoms with Crippen molar-refractivity contribution in [2.24, 2.45) is 0 Å². The molecule has 0 atom stereocenters. The van der Waals surface area contributed by atoms with E-state index in [-0.39, 0.29) is 12.5 Å². The monoisotopic (exact) mass is 250 g/mol. The Morgan fingerprint density at radius 1 is 1.39 bits per heavy atom. The van der Waals surface area contributed by atoms with Crippen LogP contribution in [0.3, 0.4) is 0 Å². The van der Waals surface area contributed by atoms with E-state index in [1.54, 1.807) is 6.07 Å². The maximum Gasteiger partial charge on any atom is 0.325 e. The summed E-state index contributed by atoms with van der Waals surface area (Å²) in [5.74, 6) is 1.10. The number of aromatic nitrogens is 2. The quantitative estimate of drug-likeness (QED) is 0.770. The highest BCUT2D eigenvalue weighted by molar-refractivity contribution is 5.74. The fraction of sp³-hybridized carbons (Fsp3) is 0.583. The van der Waals surface area contributed by atoms with Crippen LogP contribution in [0.2, 0.25) is 0 Å². The maximum atomic E-state index is 11.0. The SMILES string of the molecule is COC(=O)CNc1cc(NC2CCCC2)ncn1. The predicted octanol–water partition coefficient (Wildman–Crippen LogP) is 1.42. The lowest BCUT2D eigenvalue weighted by Crippen LogP contribution is -2.18. The maximum absolute atomic E-state index is 11.0. The smallest absolute Gasteiger partial charge is 0.325 e. The molecule has 18 heavy (non-hydrogen) atoms. The third kappa shape index (κ3) is 3.58. The minimum absolute atomic E-state index is 0.108. The third-order valence-corrected chi connectivity index (χ3v) is 3.02. The topological polar surface area (TPSA) is 76.1 Å². The molecule has 0 amide bonds. The number of esters is 1. The van der Waals surface area contributed by atoms with Gasteiger partial charge in [-0.1, -0.05) is 12.8 Å². The number of nitrogens with zero attached hydrogens (tertiary/aromatic N) is 2. The van der Waals surface area contributed by atoms with Crippen molar-refractivity contribution in [3.63, 3.8) is 0 Å². The average molecular weight is 250 g/mol. The van der Waals surface area contributed by atoms with Crippen LogP contribution in [0.15, 0.2) is 12.4 Å². The molecule has 98 valence electrons. The van der Waals surface area contributed by atoms with Gasteiger partial charge in [-0.05, 0) is 12.8 Å². The minimum atomic E-state index is -0.320. The molecule has 6 heteroatoms. The van der Waals surface area contributed by atoms with Gasteiger partial charge in [-0.3, -0.25) is 4.79 Å². The van der Waals surface area contributed by atoms with Crippen molar-refractivity contribution in [2.45, 2.75) is 31.7 Å². The molecule has 0 aromatic carbocycles. The van der Waals surface area contributed by atoms with E-state index in [1.807, 2.05) is 0 Å². The number of carbonyl (C=O) groups excluding carboxylic acids is 1. The summed E-state index contributed by atoms with van der Waals surface area (Å²) in [6.07, 6.45) is 6.41. The minimum Gasteiger partial charge on any atom is -0.468 e. The molecule has 1 aromatic heterocycles. The van der Waals surface area contributed by atoms with Crippen LogP contribution in [0.5, 0.6) is 0 Å². The summed E-state index contributed by atoms with van der Waals surface area (Å²) in [5.41, 5.74) is 0.